The largest absolute Gasteiger partial charge is 0.394 e. The number of nitrogens with one attached hydrogen (secondary N) is 1. The van der Waals surface area contributed by atoms with Crippen LogP contribution in [0.25, 0.3) is 0 Å². The topological polar surface area (TPSA) is 32.3 Å². The van der Waals surface area contributed by atoms with E-state index in [0.29, 0.717) is 5.69 Å². The van der Waals surface area contributed by atoms with Crippen LogP contribution in [0.3, 0.4) is 0 Å². The van der Waals surface area contributed by atoms with Gasteiger partial charge < -0.3 is 10.4 Å². The minimum absolute atomic E-state index is 0.0774. The third-order valence-electron chi connectivity index (χ3n) is 3.71. The molecular formula is C17H20FNO. The first-order valence-electron chi connectivity index (χ1n) is 6.67. The Balaban J connectivity index is 2.35. The number of benzene rings is 2. The van der Waals surface area contributed by atoms with Gasteiger partial charge in [0.25, 0.3) is 0 Å². The van der Waals surface area contributed by atoms with Gasteiger partial charge in [0.15, 0.2) is 0 Å². The van der Waals surface area contributed by atoms with Crippen molar-refractivity contribution in [3.63, 3.8) is 0 Å². The molecule has 3 heteroatoms. The Labute approximate surface area is 119 Å². The summed E-state index contributed by atoms with van der Waals surface area (Å²) in [5.74, 6) is -0.296. The van der Waals surface area contributed by atoms with Crippen molar-refractivity contribution in [2.75, 3.05) is 11.9 Å². The van der Waals surface area contributed by atoms with E-state index in [0.717, 1.165) is 5.56 Å². The second-order valence-corrected chi connectivity index (χ2v) is 5.42. The fourth-order valence-corrected chi connectivity index (χ4v) is 2.17. The van der Waals surface area contributed by atoms with E-state index in [1.54, 1.807) is 12.1 Å². The van der Waals surface area contributed by atoms with E-state index in [-0.39, 0.29) is 12.4 Å². The minimum Gasteiger partial charge on any atom is -0.394 e. The SMILES string of the molecule is Cc1ccc(C(C)(CO)Nc2cccc(F)c2)cc1C. The highest BCUT2D eigenvalue weighted by Crippen LogP contribution is 2.27. The van der Waals surface area contributed by atoms with Crippen LogP contribution in [0.2, 0.25) is 0 Å². The van der Waals surface area contributed by atoms with Crippen molar-refractivity contribution < 1.29 is 9.50 Å². The molecule has 0 aromatic heterocycles. The number of aliphatic hydroxyl groups is 1. The molecule has 0 aliphatic rings. The summed E-state index contributed by atoms with van der Waals surface area (Å²) < 4.78 is 13.3. The number of halogens is 1. The fourth-order valence-electron chi connectivity index (χ4n) is 2.17. The number of anilines is 1. The van der Waals surface area contributed by atoms with Gasteiger partial charge in [0.1, 0.15) is 5.82 Å². The van der Waals surface area contributed by atoms with Gasteiger partial charge in [0.05, 0.1) is 12.1 Å². The molecule has 0 fully saturated rings. The number of rotatable bonds is 4. The van der Waals surface area contributed by atoms with Crippen LogP contribution in [0, 0.1) is 19.7 Å². The molecule has 0 saturated carbocycles. The van der Waals surface area contributed by atoms with Gasteiger partial charge in [0, 0.05) is 5.69 Å². The van der Waals surface area contributed by atoms with E-state index in [2.05, 4.69) is 18.3 Å². The highest BCUT2D eigenvalue weighted by molar-refractivity contribution is 5.48. The highest BCUT2D eigenvalue weighted by Gasteiger charge is 2.26. The number of hydrogen-bond donors (Lipinski definition) is 2. The Morgan fingerprint density at radius 3 is 2.45 bits per heavy atom. The first kappa shape index (κ1) is 14.5. The smallest absolute Gasteiger partial charge is 0.125 e. The van der Waals surface area contributed by atoms with Crippen LogP contribution in [0.5, 0.6) is 0 Å². The zero-order valence-corrected chi connectivity index (χ0v) is 12.1. The third-order valence-corrected chi connectivity index (χ3v) is 3.71. The maximum atomic E-state index is 13.3. The summed E-state index contributed by atoms with van der Waals surface area (Å²) in [6.45, 7) is 5.92. The average molecular weight is 273 g/mol. The molecule has 2 aromatic rings. The fraction of sp³-hybridized carbons (Fsp3) is 0.294. The molecule has 106 valence electrons. The molecule has 2 rings (SSSR count). The molecule has 0 bridgehead atoms. The maximum absolute atomic E-state index is 13.3. The van der Waals surface area contributed by atoms with E-state index in [1.165, 1.54) is 23.3 Å². The van der Waals surface area contributed by atoms with Crippen molar-refractivity contribution in [1.29, 1.82) is 0 Å². The minimum atomic E-state index is -0.647. The van der Waals surface area contributed by atoms with Crippen molar-refractivity contribution in [1.82, 2.24) is 0 Å². The van der Waals surface area contributed by atoms with Gasteiger partial charge in [-0.2, -0.15) is 0 Å². The van der Waals surface area contributed by atoms with Crippen LogP contribution in [-0.4, -0.2) is 11.7 Å². The second-order valence-electron chi connectivity index (χ2n) is 5.42. The van der Waals surface area contributed by atoms with Gasteiger partial charge >= 0.3 is 0 Å². The van der Waals surface area contributed by atoms with Crippen LogP contribution in [-0.2, 0) is 5.54 Å². The molecular weight excluding hydrogens is 253 g/mol. The Bertz CT molecular complexity index is 612. The Morgan fingerprint density at radius 1 is 1.10 bits per heavy atom. The average Bonchev–Trinajstić information content (AvgIpc) is 2.41. The predicted octanol–water partition coefficient (Wildman–Crippen LogP) is 3.76. The summed E-state index contributed by atoms with van der Waals surface area (Å²) in [5, 5.41) is 13.0. The van der Waals surface area contributed by atoms with Gasteiger partial charge in [-0.25, -0.2) is 4.39 Å². The van der Waals surface area contributed by atoms with Crippen molar-refractivity contribution in [2.24, 2.45) is 0 Å². The molecule has 1 unspecified atom stereocenters. The summed E-state index contributed by atoms with van der Waals surface area (Å²) in [6, 6.07) is 12.3. The van der Waals surface area contributed by atoms with E-state index in [1.807, 2.05) is 26.0 Å². The molecule has 0 amide bonds. The Hall–Kier alpha value is -1.87. The molecule has 2 nitrogen and oxygen atoms in total. The summed E-state index contributed by atoms with van der Waals surface area (Å²) in [5.41, 5.74) is 3.36. The quantitative estimate of drug-likeness (QED) is 0.889. The lowest BCUT2D eigenvalue weighted by Gasteiger charge is -2.31. The first-order valence-corrected chi connectivity index (χ1v) is 6.67. The molecule has 0 aliphatic carbocycles. The van der Waals surface area contributed by atoms with Crippen LogP contribution < -0.4 is 5.32 Å². The van der Waals surface area contributed by atoms with E-state index >= 15 is 0 Å². The van der Waals surface area contributed by atoms with E-state index < -0.39 is 5.54 Å². The van der Waals surface area contributed by atoms with Crippen LogP contribution in [0.4, 0.5) is 10.1 Å². The van der Waals surface area contributed by atoms with Gasteiger partial charge in [-0.05, 0) is 55.7 Å². The van der Waals surface area contributed by atoms with Crippen LogP contribution in [0.15, 0.2) is 42.5 Å². The molecule has 0 heterocycles. The molecule has 2 aromatic carbocycles. The van der Waals surface area contributed by atoms with Crippen molar-refractivity contribution in [3.05, 3.63) is 65.0 Å². The number of hydrogen-bond acceptors (Lipinski definition) is 2. The summed E-state index contributed by atoms with van der Waals surface area (Å²) in [7, 11) is 0. The molecule has 0 aliphatic heterocycles. The van der Waals surface area contributed by atoms with E-state index in [9.17, 15) is 9.50 Å². The number of aliphatic hydroxyl groups excluding tert-OH is 1. The summed E-state index contributed by atoms with van der Waals surface area (Å²) >= 11 is 0. The van der Waals surface area contributed by atoms with Gasteiger partial charge in [-0.15, -0.1) is 0 Å². The van der Waals surface area contributed by atoms with Gasteiger partial charge in [-0.1, -0.05) is 24.3 Å². The zero-order chi connectivity index (χ0) is 14.8. The third kappa shape index (κ3) is 2.99. The predicted molar refractivity (Wildman–Crippen MR) is 80.4 cm³/mol. The molecule has 0 radical (unpaired) electrons. The molecule has 0 saturated heterocycles. The van der Waals surface area contributed by atoms with Gasteiger partial charge in [-0.3, -0.25) is 0 Å². The normalized spacial score (nSPS) is 13.8. The van der Waals surface area contributed by atoms with Gasteiger partial charge in [0.2, 0.25) is 0 Å². The highest BCUT2D eigenvalue weighted by atomic mass is 19.1. The van der Waals surface area contributed by atoms with Crippen molar-refractivity contribution in [3.8, 4) is 0 Å². The van der Waals surface area contributed by atoms with Crippen LogP contribution >= 0.6 is 0 Å². The number of aryl methyl sites for hydroxylation is 2. The lowest BCUT2D eigenvalue weighted by atomic mass is 9.90. The van der Waals surface area contributed by atoms with E-state index in [4.69, 9.17) is 0 Å². The standard InChI is InChI=1S/C17H20FNO/c1-12-7-8-14(9-13(12)2)17(3,11-20)19-16-6-4-5-15(18)10-16/h4-10,19-20H,11H2,1-3H3. The first-order chi connectivity index (χ1) is 9.44. The molecule has 1 atom stereocenters. The van der Waals surface area contributed by atoms with Crippen LogP contribution in [0.1, 0.15) is 23.6 Å². The summed E-state index contributed by atoms with van der Waals surface area (Å²) in [4.78, 5) is 0. The zero-order valence-electron chi connectivity index (χ0n) is 12.1. The second kappa shape index (κ2) is 5.63. The Kier molecular flexibility index (Phi) is 4.09. The lowest BCUT2D eigenvalue weighted by Crippen LogP contribution is -2.36. The molecule has 0 spiro atoms. The monoisotopic (exact) mass is 273 g/mol. The lowest BCUT2D eigenvalue weighted by molar-refractivity contribution is 0.224. The summed E-state index contributed by atoms with van der Waals surface area (Å²) in [6.07, 6.45) is 0. The van der Waals surface area contributed by atoms with Crippen molar-refractivity contribution in [2.45, 2.75) is 26.3 Å². The maximum Gasteiger partial charge on any atom is 0.125 e. The molecule has 20 heavy (non-hydrogen) atoms. The Morgan fingerprint density at radius 2 is 1.85 bits per heavy atom. The van der Waals surface area contributed by atoms with Crippen molar-refractivity contribution >= 4 is 5.69 Å². The molecule has 2 N–H and O–H groups in total.